The first-order valence-electron chi connectivity index (χ1n) is 19.2. The van der Waals surface area contributed by atoms with Crippen LogP contribution in [-0.4, -0.2) is 12.2 Å². The predicted octanol–water partition coefficient (Wildman–Crippen LogP) is 14.6. The van der Waals surface area contributed by atoms with Crippen molar-refractivity contribution >= 4 is 34.1 Å². The minimum Gasteiger partial charge on any atom is -0.508 e. The number of hydrogen-bond donors (Lipinski definition) is 1. The van der Waals surface area contributed by atoms with Gasteiger partial charge < -0.3 is 19.6 Å². The summed E-state index contributed by atoms with van der Waals surface area (Å²) in [4.78, 5) is 4.55. The summed E-state index contributed by atoms with van der Waals surface area (Å²) in [6, 6.07) is 67.2. The highest BCUT2D eigenvalue weighted by Crippen LogP contribution is 2.37. The molecule has 0 radical (unpaired) electrons. The standard InChI is InChI=1S/C27H25NO.C26H23NO/c1-20-4-12-24(13-5-20)28(25-14-6-21(2)7-15-25)26-16-8-22(9-17-26)23-10-18-27(29-3)19-11-23;1-19-3-11-23(12-4-19)27(24-13-5-20(2)6-14-24)25-15-7-21(8-16-25)22-9-17-26(28)18-10-22/h4-19H,1-3H3;3-18,28H,1-2H3. The Morgan fingerprint density at radius 1 is 0.298 bits per heavy atom. The number of hydrogen-bond acceptors (Lipinski definition) is 4. The molecule has 0 saturated carbocycles. The highest BCUT2D eigenvalue weighted by molar-refractivity contribution is 5.80. The second-order valence-electron chi connectivity index (χ2n) is 14.4. The lowest BCUT2D eigenvalue weighted by molar-refractivity contribution is 0.415. The maximum atomic E-state index is 9.50. The van der Waals surface area contributed by atoms with Gasteiger partial charge in [0.15, 0.2) is 0 Å². The van der Waals surface area contributed by atoms with Crippen LogP contribution in [0.25, 0.3) is 22.3 Å². The summed E-state index contributed by atoms with van der Waals surface area (Å²) >= 11 is 0. The minimum absolute atomic E-state index is 0.283. The fourth-order valence-corrected chi connectivity index (χ4v) is 6.71. The Morgan fingerprint density at radius 3 is 0.754 bits per heavy atom. The Labute approximate surface area is 337 Å². The monoisotopic (exact) mass is 744 g/mol. The molecule has 0 saturated heterocycles. The van der Waals surface area contributed by atoms with Crippen molar-refractivity contribution in [1.82, 2.24) is 0 Å². The minimum atomic E-state index is 0.283. The van der Waals surface area contributed by atoms with Gasteiger partial charge >= 0.3 is 0 Å². The van der Waals surface area contributed by atoms with E-state index in [1.807, 2.05) is 24.3 Å². The fourth-order valence-electron chi connectivity index (χ4n) is 6.71. The van der Waals surface area contributed by atoms with Crippen LogP contribution in [0.4, 0.5) is 34.1 Å². The summed E-state index contributed by atoms with van der Waals surface area (Å²) in [5, 5.41) is 9.50. The highest BCUT2D eigenvalue weighted by atomic mass is 16.5. The molecule has 0 atom stereocenters. The largest absolute Gasteiger partial charge is 0.508 e. The van der Waals surface area contributed by atoms with Gasteiger partial charge in [-0.1, -0.05) is 119 Å². The number of benzene rings is 8. The van der Waals surface area contributed by atoms with Gasteiger partial charge in [-0.05, 0) is 147 Å². The number of aromatic hydroxyl groups is 1. The summed E-state index contributed by atoms with van der Waals surface area (Å²) < 4.78 is 5.26. The molecule has 1 N–H and O–H groups in total. The van der Waals surface area contributed by atoms with Gasteiger partial charge in [0.05, 0.1) is 7.11 Å². The quantitative estimate of drug-likeness (QED) is 0.160. The predicted molar refractivity (Wildman–Crippen MR) is 240 cm³/mol. The van der Waals surface area contributed by atoms with E-state index in [-0.39, 0.29) is 5.75 Å². The first-order chi connectivity index (χ1) is 27.7. The van der Waals surface area contributed by atoms with E-state index >= 15 is 0 Å². The Hall–Kier alpha value is -7.04. The molecule has 0 spiro atoms. The van der Waals surface area contributed by atoms with E-state index in [0.717, 1.165) is 51.0 Å². The number of anilines is 6. The molecule has 0 aliphatic carbocycles. The van der Waals surface area contributed by atoms with E-state index in [4.69, 9.17) is 4.74 Å². The van der Waals surface area contributed by atoms with Gasteiger partial charge in [-0.15, -0.1) is 0 Å². The molecule has 0 aliphatic rings. The summed E-state index contributed by atoms with van der Waals surface area (Å²) in [5.41, 5.74) is 16.4. The Morgan fingerprint density at radius 2 is 0.509 bits per heavy atom. The number of phenolic OH excluding ortho intramolecular Hbond substituents is 1. The maximum Gasteiger partial charge on any atom is 0.118 e. The molecule has 0 bridgehead atoms. The molecule has 0 aromatic heterocycles. The van der Waals surface area contributed by atoms with Crippen LogP contribution in [0.5, 0.6) is 11.5 Å². The van der Waals surface area contributed by atoms with Crippen LogP contribution in [0.2, 0.25) is 0 Å². The Balaban J connectivity index is 0.000000174. The molecule has 0 fully saturated rings. The fraction of sp³-hybridized carbons (Fsp3) is 0.0943. The van der Waals surface area contributed by atoms with Gasteiger partial charge in [-0.3, -0.25) is 0 Å². The molecule has 8 rings (SSSR count). The molecule has 57 heavy (non-hydrogen) atoms. The number of phenols is 1. The first-order valence-corrected chi connectivity index (χ1v) is 19.2. The van der Waals surface area contributed by atoms with Crippen molar-refractivity contribution in [2.24, 2.45) is 0 Å². The highest BCUT2D eigenvalue weighted by Gasteiger charge is 2.14. The number of nitrogens with zero attached hydrogens (tertiary/aromatic N) is 2. The van der Waals surface area contributed by atoms with Crippen LogP contribution in [0.1, 0.15) is 22.3 Å². The summed E-state index contributed by atoms with van der Waals surface area (Å²) in [6.45, 7) is 8.44. The zero-order valence-corrected chi connectivity index (χ0v) is 33.2. The lowest BCUT2D eigenvalue weighted by Gasteiger charge is -2.26. The van der Waals surface area contributed by atoms with Gasteiger partial charge in [-0.2, -0.15) is 0 Å². The average Bonchev–Trinajstić information content (AvgIpc) is 3.25. The van der Waals surface area contributed by atoms with Crippen molar-refractivity contribution in [3.8, 4) is 33.8 Å². The van der Waals surface area contributed by atoms with Crippen LogP contribution < -0.4 is 14.5 Å². The Kier molecular flexibility index (Phi) is 11.8. The number of rotatable bonds is 9. The number of ether oxygens (including phenoxy) is 1. The molecule has 0 heterocycles. The average molecular weight is 745 g/mol. The van der Waals surface area contributed by atoms with Crippen molar-refractivity contribution in [1.29, 1.82) is 0 Å². The van der Waals surface area contributed by atoms with Gasteiger partial charge in [-0.25, -0.2) is 0 Å². The van der Waals surface area contributed by atoms with E-state index in [2.05, 4.69) is 195 Å². The van der Waals surface area contributed by atoms with Crippen LogP contribution in [0, 0.1) is 27.7 Å². The van der Waals surface area contributed by atoms with Gasteiger partial charge in [0.25, 0.3) is 0 Å². The second kappa shape index (κ2) is 17.6. The van der Waals surface area contributed by atoms with E-state index in [1.54, 1.807) is 19.2 Å². The van der Waals surface area contributed by atoms with Gasteiger partial charge in [0.1, 0.15) is 11.5 Å². The molecule has 0 aliphatic heterocycles. The third kappa shape index (κ3) is 9.44. The van der Waals surface area contributed by atoms with Crippen molar-refractivity contribution in [2.45, 2.75) is 27.7 Å². The van der Waals surface area contributed by atoms with Crippen LogP contribution >= 0.6 is 0 Å². The molecule has 0 unspecified atom stereocenters. The lowest BCUT2D eigenvalue weighted by Crippen LogP contribution is -2.09. The zero-order valence-electron chi connectivity index (χ0n) is 33.2. The molecular formula is C53H48N2O2. The van der Waals surface area contributed by atoms with Crippen LogP contribution in [0.15, 0.2) is 194 Å². The molecule has 282 valence electrons. The van der Waals surface area contributed by atoms with E-state index < -0.39 is 0 Å². The normalized spacial score (nSPS) is 10.6. The van der Waals surface area contributed by atoms with E-state index in [0.29, 0.717) is 0 Å². The van der Waals surface area contributed by atoms with Crippen molar-refractivity contribution in [2.75, 3.05) is 16.9 Å². The molecule has 8 aromatic rings. The van der Waals surface area contributed by atoms with Crippen LogP contribution in [0.3, 0.4) is 0 Å². The number of methoxy groups -OCH3 is 1. The molecular weight excluding hydrogens is 697 g/mol. The maximum absolute atomic E-state index is 9.50. The summed E-state index contributed by atoms with van der Waals surface area (Å²) in [5.74, 6) is 1.15. The van der Waals surface area contributed by atoms with E-state index in [1.165, 1.54) is 33.4 Å². The van der Waals surface area contributed by atoms with Gasteiger partial charge in [0.2, 0.25) is 0 Å². The third-order valence-electron chi connectivity index (χ3n) is 10.0. The summed E-state index contributed by atoms with van der Waals surface area (Å²) in [6.07, 6.45) is 0. The van der Waals surface area contributed by atoms with Crippen molar-refractivity contribution < 1.29 is 9.84 Å². The number of aryl methyl sites for hydroxylation is 4. The van der Waals surface area contributed by atoms with Crippen LogP contribution in [-0.2, 0) is 0 Å². The van der Waals surface area contributed by atoms with E-state index in [9.17, 15) is 5.11 Å². The molecule has 0 amide bonds. The molecule has 8 aromatic carbocycles. The molecule has 4 heteroatoms. The topological polar surface area (TPSA) is 35.9 Å². The Bertz CT molecular complexity index is 2380. The van der Waals surface area contributed by atoms with Crippen molar-refractivity contribution in [3.05, 3.63) is 216 Å². The van der Waals surface area contributed by atoms with Gasteiger partial charge in [0, 0.05) is 34.1 Å². The first kappa shape index (κ1) is 38.2. The smallest absolute Gasteiger partial charge is 0.118 e. The molecule has 4 nitrogen and oxygen atoms in total. The zero-order chi connectivity index (χ0) is 39.7. The second-order valence-corrected chi connectivity index (χ2v) is 14.4. The SMILES string of the molecule is COc1ccc(-c2ccc(N(c3ccc(C)cc3)c3ccc(C)cc3)cc2)cc1.Cc1ccc(N(c2ccc(C)cc2)c2ccc(-c3ccc(O)cc3)cc2)cc1. The third-order valence-corrected chi connectivity index (χ3v) is 10.0. The lowest BCUT2D eigenvalue weighted by atomic mass is 10.0. The van der Waals surface area contributed by atoms with Crippen molar-refractivity contribution in [3.63, 3.8) is 0 Å². The summed E-state index contributed by atoms with van der Waals surface area (Å²) in [7, 11) is 1.69.